The molecule has 4 N–H and O–H groups in total. The Morgan fingerprint density at radius 3 is 2.44 bits per heavy atom. The number of halogens is 1. The maximum Gasteiger partial charge on any atom is 0.342 e. The summed E-state index contributed by atoms with van der Waals surface area (Å²) in [5, 5.41) is 17.6. The molecule has 0 bridgehead atoms. The highest BCUT2D eigenvalue weighted by Gasteiger charge is 2.12. The average molecular weight is 284 g/mol. The van der Waals surface area contributed by atoms with Gasteiger partial charge in [0.2, 0.25) is 0 Å². The first kappa shape index (κ1) is 12.6. The molecule has 0 spiro atoms. The number of benzene rings is 1. The second kappa shape index (κ2) is 5.58. The normalized spacial score (nSPS) is 11.9. The van der Waals surface area contributed by atoms with Crippen LogP contribution >= 0.6 is 15.9 Å². The van der Waals surface area contributed by atoms with Crippen molar-refractivity contribution in [3.05, 3.63) is 40.0 Å². The van der Waals surface area contributed by atoms with Gasteiger partial charge in [-0.2, -0.15) is 0 Å². The molecule has 0 unspecified atom stereocenters. The summed E-state index contributed by atoms with van der Waals surface area (Å²) in [5.41, 5.74) is 1.47. The molecular formula is C11H12BrN2O2+. The number of rotatable bonds is 4. The van der Waals surface area contributed by atoms with Crippen LogP contribution in [0.4, 0.5) is 5.69 Å². The number of hydrogen-bond donors (Lipinski definition) is 3. The third kappa shape index (κ3) is 3.29. The molecule has 0 amide bonds. The second-order valence-electron chi connectivity index (χ2n) is 3.24. The van der Waals surface area contributed by atoms with Crippen LogP contribution in [0.3, 0.4) is 0 Å². The van der Waals surface area contributed by atoms with Crippen molar-refractivity contribution in [2.45, 2.75) is 6.92 Å². The highest BCUT2D eigenvalue weighted by molar-refractivity contribution is 9.10. The van der Waals surface area contributed by atoms with E-state index < -0.39 is 5.97 Å². The van der Waals surface area contributed by atoms with E-state index in [2.05, 4.69) is 15.9 Å². The van der Waals surface area contributed by atoms with Crippen LogP contribution in [0.5, 0.6) is 0 Å². The molecule has 4 nitrogen and oxygen atoms in total. The van der Waals surface area contributed by atoms with Crippen molar-refractivity contribution < 1.29 is 15.2 Å². The topological polar surface area (TPSA) is 77.8 Å². The zero-order chi connectivity index (χ0) is 12.1. The first-order valence-corrected chi connectivity index (χ1v) is 5.39. The SMILES string of the molecule is C/C([NH2+]c1ccc(Br)cc1)=C(/C=N)C(=O)O. The summed E-state index contributed by atoms with van der Waals surface area (Å²) in [5.74, 6) is -1.08. The van der Waals surface area contributed by atoms with E-state index in [9.17, 15) is 4.79 Å². The largest absolute Gasteiger partial charge is 0.477 e. The summed E-state index contributed by atoms with van der Waals surface area (Å²) in [4.78, 5) is 10.8. The molecule has 0 aliphatic rings. The fraction of sp³-hybridized carbons (Fsp3) is 0.0909. The number of nitrogens with one attached hydrogen (secondary N) is 1. The fourth-order valence-corrected chi connectivity index (χ4v) is 1.50. The van der Waals surface area contributed by atoms with Crippen LogP contribution in [0.1, 0.15) is 6.92 Å². The highest BCUT2D eigenvalue weighted by Crippen LogP contribution is 2.11. The standard InChI is InChI=1S/C11H11BrN2O2/c1-7(10(6-13)11(15)16)14-9-4-2-8(12)3-5-9/h2-6,13-14H,1H3,(H,15,16)/p+1/b10-7+,13-6?. The molecule has 1 aromatic rings. The van der Waals surface area contributed by atoms with Crippen molar-refractivity contribution in [2.75, 3.05) is 0 Å². The summed E-state index contributed by atoms with van der Waals surface area (Å²) in [6.45, 7) is 1.68. The molecule has 84 valence electrons. The van der Waals surface area contributed by atoms with Gasteiger partial charge in [0, 0.05) is 29.7 Å². The summed E-state index contributed by atoms with van der Waals surface area (Å²) < 4.78 is 0.969. The number of aliphatic carboxylic acids is 1. The van der Waals surface area contributed by atoms with Gasteiger partial charge in [0.05, 0.1) is 0 Å². The summed E-state index contributed by atoms with van der Waals surface area (Å²) in [6, 6.07) is 7.50. The van der Waals surface area contributed by atoms with Gasteiger partial charge in [0.1, 0.15) is 17.0 Å². The molecule has 0 fully saturated rings. The van der Waals surface area contributed by atoms with Gasteiger partial charge in [0.25, 0.3) is 0 Å². The minimum atomic E-state index is -1.08. The lowest BCUT2D eigenvalue weighted by Crippen LogP contribution is -2.75. The molecule has 0 aromatic heterocycles. The predicted octanol–water partition coefficient (Wildman–Crippen LogP) is 1.65. The molecule has 0 saturated heterocycles. The van der Waals surface area contributed by atoms with Crippen molar-refractivity contribution in [3.63, 3.8) is 0 Å². The maximum absolute atomic E-state index is 10.8. The number of carbonyl (C=O) groups is 1. The second-order valence-corrected chi connectivity index (χ2v) is 4.16. The number of carboxylic acids is 1. The zero-order valence-corrected chi connectivity index (χ0v) is 10.3. The van der Waals surface area contributed by atoms with Crippen LogP contribution in [0.25, 0.3) is 0 Å². The van der Waals surface area contributed by atoms with Gasteiger partial charge in [-0.3, -0.25) is 5.32 Å². The Hall–Kier alpha value is -1.46. The number of carboxylic acid groups (broad SMARTS) is 1. The van der Waals surface area contributed by atoms with Crippen molar-refractivity contribution in [1.82, 2.24) is 0 Å². The Labute approximate surface area is 102 Å². The highest BCUT2D eigenvalue weighted by atomic mass is 79.9. The maximum atomic E-state index is 10.8. The lowest BCUT2D eigenvalue weighted by atomic mass is 10.2. The average Bonchev–Trinajstić information content (AvgIpc) is 2.22. The van der Waals surface area contributed by atoms with E-state index in [-0.39, 0.29) is 5.57 Å². The molecule has 5 heteroatoms. The van der Waals surface area contributed by atoms with Gasteiger partial charge in [-0.25, -0.2) is 4.79 Å². The van der Waals surface area contributed by atoms with Crippen LogP contribution < -0.4 is 5.32 Å². The molecule has 0 atom stereocenters. The first-order chi connectivity index (χ1) is 7.54. The van der Waals surface area contributed by atoms with Gasteiger partial charge in [-0.05, 0) is 12.1 Å². The molecule has 0 heterocycles. The lowest BCUT2D eigenvalue weighted by molar-refractivity contribution is -0.517. The Morgan fingerprint density at radius 2 is 2.00 bits per heavy atom. The van der Waals surface area contributed by atoms with E-state index >= 15 is 0 Å². The molecule has 0 saturated carbocycles. The third-order valence-corrected chi connectivity index (χ3v) is 2.58. The number of allylic oxidation sites excluding steroid dienone is 1. The van der Waals surface area contributed by atoms with Crippen LogP contribution in [-0.4, -0.2) is 17.3 Å². The quantitative estimate of drug-likeness (QED) is 0.446. The van der Waals surface area contributed by atoms with E-state index in [1.807, 2.05) is 24.3 Å². The Morgan fingerprint density at radius 1 is 1.44 bits per heavy atom. The van der Waals surface area contributed by atoms with Crippen molar-refractivity contribution in [2.24, 2.45) is 0 Å². The van der Waals surface area contributed by atoms with Crippen molar-refractivity contribution >= 4 is 33.8 Å². The minimum Gasteiger partial charge on any atom is -0.477 e. The molecule has 1 rings (SSSR count). The minimum absolute atomic E-state index is 0.00270. The van der Waals surface area contributed by atoms with Gasteiger partial charge >= 0.3 is 5.97 Å². The molecule has 0 aliphatic carbocycles. The Balaban J connectivity index is 2.92. The van der Waals surface area contributed by atoms with Crippen molar-refractivity contribution in [1.29, 1.82) is 5.41 Å². The zero-order valence-electron chi connectivity index (χ0n) is 8.70. The number of quaternary nitrogens is 1. The summed E-state index contributed by atoms with van der Waals surface area (Å²) >= 11 is 3.32. The van der Waals surface area contributed by atoms with E-state index in [0.29, 0.717) is 5.70 Å². The third-order valence-electron chi connectivity index (χ3n) is 2.05. The van der Waals surface area contributed by atoms with Gasteiger partial charge < -0.3 is 10.5 Å². The van der Waals surface area contributed by atoms with E-state index in [4.69, 9.17) is 10.5 Å². The fourth-order valence-electron chi connectivity index (χ4n) is 1.23. The van der Waals surface area contributed by atoms with Gasteiger partial charge in [0.15, 0.2) is 0 Å². The summed E-state index contributed by atoms with van der Waals surface area (Å²) in [7, 11) is 0. The van der Waals surface area contributed by atoms with E-state index in [1.54, 1.807) is 12.2 Å². The Bertz CT molecular complexity index is 438. The van der Waals surface area contributed by atoms with Gasteiger partial charge in [-0.15, -0.1) is 0 Å². The van der Waals surface area contributed by atoms with Crippen molar-refractivity contribution in [3.8, 4) is 0 Å². The summed E-state index contributed by atoms with van der Waals surface area (Å²) in [6.07, 6.45) is 0.854. The molecule has 0 aliphatic heterocycles. The Kier molecular flexibility index (Phi) is 4.39. The van der Waals surface area contributed by atoms with Crippen LogP contribution in [-0.2, 0) is 4.79 Å². The molecular weight excluding hydrogens is 272 g/mol. The lowest BCUT2D eigenvalue weighted by Gasteiger charge is -2.02. The van der Waals surface area contributed by atoms with Crippen LogP contribution in [0.15, 0.2) is 40.0 Å². The predicted molar refractivity (Wildman–Crippen MR) is 64.8 cm³/mol. The van der Waals surface area contributed by atoms with Gasteiger partial charge in [-0.1, -0.05) is 15.9 Å². The van der Waals surface area contributed by atoms with Crippen LogP contribution in [0, 0.1) is 5.41 Å². The monoisotopic (exact) mass is 283 g/mol. The number of nitrogens with two attached hydrogens (primary N) is 1. The number of hydrogen-bond acceptors (Lipinski definition) is 2. The van der Waals surface area contributed by atoms with Crippen LogP contribution in [0.2, 0.25) is 0 Å². The van der Waals surface area contributed by atoms with E-state index in [0.717, 1.165) is 16.4 Å². The molecule has 0 radical (unpaired) electrons. The smallest absolute Gasteiger partial charge is 0.342 e. The van der Waals surface area contributed by atoms with E-state index in [1.165, 1.54) is 0 Å². The first-order valence-electron chi connectivity index (χ1n) is 4.59. The molecule has 1 aromatic carbocycles. The molecule has 16 heavy (non-hydrogen) atoms.